The van der Waals surface area contributed by atoms with Crippen LogP contribution in [0, 0.1) is 0 Å². The van der Waals surface area contributed by atoms with E-state index in [-0.39, 0.29) is 11.8 Å². The molecule has 0 bridgehead atoms. The van der Waals surface area contributed by atoms with E-state index in [0.29, 0.717) is 18.7 Å². The van der Waals surface area contributed by atoms with Crippen LogP contribution in [0.2, 0.25) is 0 Å². The summed E-state index contributed by atoms with van der Waals surface area (Å²) in [5, 5.41) is 5.78. The van der Waals surface area contributed by atoms with Crippen LogP contribution < -0.4 is 16.4 Å². The fourth-order valence-corrected chi connectivity index (χ4v) is 2.86. The highest BCUT2D eigenvalue weighted by Crippen LogP contribution is 2.27. The van der Waals surface area contributed by atoms with Gasteiger partial charge in [0.1, 0.15) is 0 Å². The maximum Gasteiger partial charge on any atom is 0.251 e. The third-order valence-electron chi connectivity index (χ3n) is 4.46. The smallest absolute Gasteiger partial charge is 0.251 e. The Hall–Kier alpha value is -1.92. The largest absolute Gasteiger partial charge is 0.351 e. The average Bonchev–Trinajstić information content (AvgIpc) is 3.00. The summed E-state index contributed by atoms with van der Waals surface area (Å²) in [7, 11) is 3.93. The molecule has 2 rings (SSSR count). The number of hydrogen-bond acceptors (Lipinski definition) is 4. The van der Waals surface area contributed by atoms with Crippen LogP contribution >= 0.6 is 0 Å². The molecule has 1 aromatic carbocycles. The molecule has 0 radical (unpaired) electrons. The topological polar surface area (TPSA) is 87.5 Å². The Labute approximate surface area is 143 Å². The van der Waals surface area contributed by atoms with Crippen molar-refractivity contribution >= 4 is 11.8 Å². The highest BCUT2D eigenvalue weighted by atomic mass is 16.2. The third-order valence-corrected chi connectivity index (χ3v) is 4.46. The molecule has 1 aromatic rings. The molecule has 0 heterocycles. The Balaban J connectivity index is 1.81. The number of amides is 2. The summed E-state index contributed by atoms with van der Waals surface area (Å²) in [6, 6.07) is 7.28. The van der Waals surface area contributed by atoms with Gasteiger partial charge in [-0.3, -0.25) is 9.59 Å². The number of nitrogens with zero attached hydrogens (tertiary/aromatic N) is 1. The van der Waals surface area contributed by atoms with Crippen LogP contribution in [0.15, 0.2) is 24.3 Å². The Kier molecular flexibility index (Phi) is 6.34. The van der Waals surface area contributed by atoms with Crippen molar-refractivity contribution in [3.8, 4) is 0 Å². The maximum absolute atomic E-state index is 12.2. The quantitative estimate of drug-likeness (QED) is 0.691. The second kappa shape index (κ2) is 8.26. The van der Waals surface area contributed by atoms with Gasteiger partial charge in [0.15, 0.2) is 0 Å². The monoisotopic (exact) mass is 332 g/mol. The summed E-state index contributed by atoms with van der Waals surface area (Å²) in [5.74, 6) is -0.162. The zero-order chi connectivity index (χ0) is 17.6. The SMILES string of the molecule is CN(C)CCNC(=O)c1ccc(CNC(=O)C2(N)CCCC2)cc1. The molecule has 0 aliphatic heterocycles. The molecule has 1 fully saturated rings. The highest BCUT2D eigenvalue weighted by Gasteiger charge is 2.36. The van der Waals surface area contributed by atoms with Crippen molar-refractivity contribution in [3.63, 3.8) is 0 Å². The van der Waals surface area contributed by atoms with Gasteiger partial charge in [-0.05, 0) is 44.6 Å². The molecule has 0 atom stereocenters. The van der Waals surface area contributed by atoms with Gasteiger partial charge in [-0.25, -0.2) is 0 Å². The molecule has 0 aromatic heterocycles. The van der Waals surface area contributed by atoms with Crippen molar-refractivity contribution in [2.45, 2.75) is 37.8 Å². The van der Waals surface area contributed by atoms with Gasteiger partial charge in [-0.15, -0.1) is 0 Å². The highest BCUT2D eigenvalue weighted by molar-refractivity contribution is 5.94. The number of nitrogens with two attached hydrogens (primary N) is 1. The molecule has 4 N–H and O–H groups in total. The fraction of sp³-hybridized carbons (Fsp3) is 0.556. The van der Waals surface area contributed by atoms with E-state index in [9.17, 15) is 9.59 Å². The zero-order valence-electron chi connectivity index (χ0n) is 14.6. The van der Waals surface area contributed by atoms with Crippen LogP contribution in [0.4, 0.5) is 0 Å². The van der Waals surface area contributed by atoms with Gasteiger partial charge in [0.25, 0.3) is 5.91 Å². The molecule has 1 aliphatic rings. The molecule has 6 nitrogen and oxygen atoms in total. The maximum atomic E-state index is 12.2. The second-order valence-electron chi connectivity index (χ2n) is 6.80. The van der Waals surface area contributed by atoms with Crippen LogP contribution in [0.3, 0.4) is 0 Å². The molecule has 6 heteroatoms. The predicted octanol–water partition coefficient (Wildman–Crippen LogP) is 0.866. The molecule has 1 aliphatic carbocycles. The van der Waals surface area contributed by atoms with Gasteiger partial charge < -0.3 is 21.3 Å². The molecule has 0 saturated heterocycles. The third kappa shape index (κ3) is 5.04. The van der Waals surface area contributed by atoms with Crippen molar-refractivity contribution < 1.29 is 9.59 Å². The Morgan fingerprint density at radius 2 is 1.75 bits per heavy atom. The summed E-state index contributed by atoms with van der Waals surface area (Å²) in [5.41, 5.74) is 7.00. The van der Waals surface area contributed by atoms with Gasteiger partial charge in [0.05, 0.1) is 5.54 Å². The lowest BCUT2D eigenvalue weighted by molar-refractivity contribution is -0.126. The average molecular weight is 332 g/mol. The van der Waals surface area contributed by atoms with Gasteiger partial charge in [-0.2, -0.15) is 0 Å². The van der Waals surface area contributed by atoms with Gasteiger partial charge in [0.2, 0.25) is 5.91 Å². The van der Waals surface area contributed by atoms with Crippen LogP contribution in [0.1, 0.15) is 41.6 Å². The first-order valence-corrected chi connectivity index (χ1v) is 8.50. The first-order valence-electron chi connectivity index (χ1n) is 8.50. The predicted molar refractivity (Wildman–Crippen MR) is 94.6 cm³/mol. The number of carbonyl (C=O) groups excluding carboxylic acids is 2. The summed E-state index contributed by atoms with van der Waals surface area (Å²) >= 11 is 0. The molecule has 24 heavy (non-hydrogen) atoms. The summed E-state index contributed by atoms with van der Waals surface area (Å²) < 4.78 is 0. The molecule has 2 amide bonds. The van der Waals surface area contributed by atoms with E-state index in [4.69, 9.17) is 5.73 Å². The lowest BCUT2D eigenvalue weighted by atomic mass is 9.98. The van der Waals surface area contributed by atoms with Crippen molar-refractivity contribution in [1.29, 1.82) is 0 Å². The van der Waals surface area contributed by atoms with E-state index in [1.165, 1.54) is 0 Å². The lowest BCUT2D eigenvalue weighted by Crippen LogP contribution is -2.51. The number of benzene rings is 1. The zero-order valence-corrected chi connectivity index (χ0v) is 14.6. The van der Waals surface area contributed by atoms with Gasteiger partial charge in [0, 0.05) is 25.2 Å². The number of carbonyl (C=O) groups is 2. The summed E-state index contributed by atoms with van der Waals surface area (Å²) in [4.78, 5) is 26.2. The van der Waals surface area contributed by atoms with Crippen molar-refractivity contribution in [3.05, 3.63) is 35.4 Å². The van der Waals surface area contributed by atoms with Gasteiger partial charge in [-0.1, -0.05) is 25.0 Å². The van der Waals surface area contributed by atoms with Crippen molar-refractivity contribution in [1.82, 2.24) is 15.5 Å². The first-order chi connectivity index (χ1) is 11.4. The minimum atomic E-state index is -0.702. The second-order valence-corrected chi connectivity index (χ2v) is 6.80. The molecular formula is C18H28N4O2. The molecular weight excluding hydrogens is 304 g/mol. The van der Waals surface area contributed by atoms with Gasteiger partial charge >= 0.3 is 0 Å². The fourth-order valence-electron chi connectivity index (χ4n) is 2.86. The Morgan fingerprint density at radius 1 is 1.12 bits per heavy atom. The van der Waals surface area contributed by atoms with Crippen LogP contribution in [0.5, 0.6) is 0 Å². The lowest BCUT2D eigenvalue weighted by Gasteiger charge is -2.22. The minimum Gasteiger partial charge on any atom is -0.351 e. The van der Waals surface area contributed by atoms with E-state index < -0.39 is 5.54 Å². The molecule has 0 spiro atoms. The van der Waals surface area contributed by atoms with E-state index >= 15 is 0 Å². The van der Waals surface area contributed by atoms with E-state index in [0.717, 1.165) is 37.8 Å². The van der Waals surface area contributed by atoms with E-state index in [1.54, 1.807) is 12.1 Å². The van der Waals surface area contributed by atoms with Crippen LogP contribution in [-0.4, -0.2) is 49.4 Å². The normalized spacial score (nSPS) is 16.2. The molecule has 1 saturated carbocycles. The van der Waals surface area contributed by atoms with Crippen molar-refractivity contribution in [2.24, 2.45) is 5.73 Å². The van der Waals surface area contributed by atoms with E-state index in [1.807, 2.05) is 31.1 Å². The standard InChI is InChI=1S/C18H28N4O2/c1-22(2)12-11-20-16(23)15-7-5-14(6-8-15)13-21-17(24)18(19)9-3-4-10-18/h5-8H,3-4,9-13,19H2,1-2H3,(H,20,23)(H,21,24). The molecule has 0 unspecified atom stereocenters. The first kappa shape index (κ1) is 18.4. The van der Waals surface area contributed by atoms with Crippen molar-refractivity contribution in [2.75, 3.05) is 27.2 Å². The Morgan fingerprint density at radius 3 is 2.33 bits per heavy atom. The Bertz CT molecular complexity index is 563. The number of rotatable bonds is 7. The summed E-state index contributed by atoms with van der Waals surface area (Å²) in [6.45, 7) is 1.85. The number of likely N-dealkylation sites (N-methyl/N-ethyl adjacent to an activating group) is 1. The molecule has 132 valence electrons. The van der Waals surface area contributed by atoms with Crippen LogP contribution in [0.25, 0.3) is 0 Å². The van der Waals surface area contributed by atoms with E-state index in [2.05, 4.69) is 10.6 Å². The van der Waals surface area contributed by atoms with Crippen LogP contribution in [-0.2, 0) is 11.3 Å². The number of nitrogens with one attached hydrogen (secondary N) is 2. The summed E-state index contributed by atoms with van der Waals surface area (Å²) in [6.07, 6.45) is 3.54. The minimum absolute atomic E-state index is 0.0782. The number of hydrogen-bond donors (Lipinski definition) is 3.